The van der Waals surface area contributed by atoms with Gasteiger partial charge in [0.05, 0.1) is 0 Å². The fraction of sp³-hybridized carbons (Fsp3) is 0.333. The van der Waals surface area contributed by atoms with Crippen molar-refractivity contribution >= 4 is 0 Å². The molecule has 1 aromatic rings. The van der Waals surface area contributed by atoms with Crippen molar-refractivity contribution in [3.8, 4) is 0 Å². The van der Waals surface area contributed by atoms with Crippen LogP contribution in [0.3, 0.4) is 0 Å². The van der Waals surface area contributed by atoms with E-state index in [-0.39, 0.29) is 12.1 Å². The molecule has 1 N–H and O–H groups in total. The van der Waals surface area contributed by atoms with E-state index in [1.165, 1.54) is 5.01 Å². The molecule has 0 saturated heterocycles. The second-order valence-corrected chi connectivity index (χ2v) is 2.90. The van der Waals surface area contributed by atoms with Crippen LogP contribution in [0.5, 0.6) is 0 Å². The maximum atomic E-state index is 13.1. The van der Waals surface area contributed by atoms with Gasteiger partial charge in [-0.05, 0) is 19.2 Å². The number of rotatable bonds is 3. The first kappa shape index (κ1) is 11.0. The van der Waals surface area contributed by atoms with E-state index >= 15 is 0 Å². The van der Waals surface area contributed by atoms with Crippen LogP contribution in [-0.2, 0) is 6.54 Å². The molecule has 0 aliphatic carbocycles. The lowest BCUT2D eigenvalue weighted by Crippen LogP contribution is -2.30. The SMILES string of the molecule is CNN(C)Cc1c(F)ccc(F)c1F. The zero-order valence-corrected chi connectivity index (χ0v) is 7.94. The highest BCUT2D eigenvalue weighted by molar-refractivity contribution is 5.20. The number of nitrogens with zero attached hydrogens (tertiary/aromatic N) is 1. The van der Waals surface area contributed by atoms with Gasteiger partial charge in [-0.25, -0.2) is 18.2 Å². The molecule has 0 spiro atoms. The fourth-order valence-corrected chi connectivity index (χ4v) is 1.03. The zero-order valence-electron chi connectivity index (χ0n) is 7.94. The van der Waals surface area contributed by atoms with Gasteiger partial charge in [-0.3, -0.25) is 5.43 Å². The molecule has 0 atom stereocenters. The molecule has 0 radical (unpaired) electrons. The molecule has 0 aliphatic heterocycles. The third kappa shape index (κ3) is 2.24. The summed E-state index contributed by atoms with van der Waals surface area (Å²) in [5.41, 5.74) is 2.39. The molecule has 78 valence electrons. The first-order chi connectivity index (χ1) is 6.56. The average Bonchev–Trinajstić information content (AvgIpc) is 2.18. The van der Waals surface area contributed by atoms with Crippen LogP contribution in [0.2, 0.25) is 0 Å². The number of nitrogens with one attached hydrogen (secondary N) is 1. The first-order valence-corrected chi connectivity index (χ1v) is 4.07. The Morgan fingerprint density at radius 2 is 1.79 bits per heavy atom. The summed E-state index contributed by atoms with van der Waals surface area (Å²) in [6.45, 7) is -0.0358. The average molecular weight is 204 g/mol. The van der Waals surface area contributed by atoms with Crippen LogP contribution in [0.1, 0.15) is 5.56 Å². The van der Waals surface area contributed by atoms with Gasteiger partial charge in [-0.1, -0.05) is 0 Å². The first-order valence-electron chi connectivity index (χ1n) is 4.07. The highest BCUT2D eigenvalue weighted by Crippen LogP contribution is 2.16. The highest BCUT2D eigenvalue weighted by atomic mass is 19.2. The fourth-order valence-electron chi connectivity index (χ4n) is 1.03. The lowest BCUT2D eigenvalue weighted by atomic mass is 10.2. The normalized spacial score (nSPS) is 11.0. The summed E-state index contributed by atoms with van der Waals surface area (Å²) in [5.74, 6) is -2.91. The monoisotopic (exact) mass is 204 g/mol. The summed E-state index contributed by atoms with van der Waals surface area (Å²) in [6.07, 6.45) is 0. The third-order valence-corrected chi connectivity index (χ3v) is 1.92. The van der Waals surface area contributed by atoms with Gasteiger partial charge in [-0.15, -0.1) is 0 Å². The van der Waals surface area contributed by atoms with Gasteiger partial charge in [0.25, 0.3) is 0 Å². The van der Waals surface area contributed by atoms with Crippen LogP contribution < -0.4 is 5.43 Å². The quantitative estimate of drug-likeness (QED) is 0.595. The summed E-state index contributed by atoms with van der Waals surface area (Å²) in [6, 6.07) is 1.69. The Morgan fingerprint density at radius 1 is 1.21 bits per heavy atom. The predicted molar refractivity (Wildman–Crippen MR) is 46.8 cm³/mol. The molecule has 0 aromatic heterocycles. The van der Waals surface area contributed by atoms with E-state index in [1.807, 2.05) is 0 Å². The summed E-state index contributed by atoms with van der Waals surface area (Å²) >= 11 is 0. The van der Waals surface area contributed by atoms with Gasteiger partial charge in [0.2, 0.25) is 0 Å². The molecule has 0 unspecified atom stereocenters. The maximum Gasteiger partial charge on any atom is 0.166 e. The minimum absolute atomic E-state index is 0.0358. The van der Waals surface area contributed by atoms with Gasteiger partial charge in [-0.2, -0.15) is 0 Å². The Kier molecular flexibility index (Phi) is 3.49. The molecule has 14 heavy (non-hydrogen) atoms. The molecule has 0 aliphatic rings. The molecular weight excluding hydrogens is 193 g/mol. The smallest absolute Gasteiger partial charge is 0.166 e. The Labute approximate surface area is 80.3 Å². The summed E-state index contributed by atoms with van der Waals surface area (Å²) in [4.78, 5) is 0. The standard InChI is InChI=1S/C9H11F3N2/c1-13-14(2)5-6-7(10)3-4-8(11)9(6)12/h3-4,13H,5H2,1-2H3. The van der Waals surface area contributed by atoms with Crippen molar-refractivity contribution < 1.29 is 13.2 Å². The van der Waals surface area contributed by atoms with Crippen molar-refractivity contribution in [1.29, 1.82) is 0 Å². The summed E-state index contributed by atoms with van der Waals surface area (Å²) in [5, 5.41) is 1.45. The van der Waals surface area contributed by atoms with Gasteiger partial charge in [0.1, 0.15) is 5.82 Å². The molecule has 1 rings (SSSR count). The van der Waals surface area contributed by atoms with Crippen molar-refractivity contribution in [3.05, 3.63) is 35.1 Å². The summed E-state index contributed by atoms with van der Waals surface area (Å²) in [7, 11) is 3.21. The highest BCUT2D eigenvalue weighted by Gasteiger charge is 2.14. The minimum Gasteiger partial charge on any atom is -0.258 e. The van der Waals surface area contributed by atoms with Gasteiger partial charge >= 0.3 is 0 Å². The topological polar surface area (TPSA) is 15.3 Å². The molecule has 0 heterocycles. The molecule has 0 amide bonds. The van der Waals surface area contributed by atoms with Gasteiger partial charge in [0.15, 0.2) is 11.6 Å². The largest absolute Gasteiger partial charge is 0.258 e. The Morgan fingerprint density at radius 3 is 2.36 bits per heavy atom. The Balaban J connectivity index is 3.00. The minimum atomic E-state index is -1.13. The van der Waals surface area contributed by atoms with Crippen molar-refractivity contribution in [2.75, 3.05) is 14.1 Å². The Bertz CT molecular complexity index is 328. The number of hydrogen-bond acceptors (Lipinski definition) is 2. The van der Waals surface area contributed by atoms with E-state index in [0.717, 1.165) is 12.1 Å². The number of hydrogen-bond donors (Lipinski definition) is 1. The van der Waals surface area contributed by atoms with E-state index in [4.69, 9.17) is 0 Å². The van der Waals surface area contributed by atoms with Crippen LogP contribution in [0.4, 0.5) is 13.2 Å². The van der Waals surface area contributed by atoms with Gasteiger partial charge in [0, 0.05) is 19.2 Å². The lowest BCUT2D eigenvalue weighted by molar-refractivity contribution is 0.242. The lowest BCUT2D eigenvalue weighted by Gasteiger charge is -2.15. The molecule has 0 saturated carbocycles. The van der Waals surface area contributed by atoms with Crippen LogP contribution in [0.25, 0.3) is 0 Å². The van der Waals surface area contributed by atoms with Crippen molar-refractivity contribution in [3.63, 3.8) is 0 Å². The number of halogens is 3. The van der Waals surface area contributed by atoms with Crippen LogP contribution >= 0.6 is 0 Å². The number of benzene rings is 1. The van der Waals surface area contributed by atoms with E-state index < -0.39 is 17.5 Å². The van der Waals surface area contributed by atoms with E-state index in [1.54, 1.807) is 14.1 Å². The van der Waals surface area contributed by atoms with Crippen molar-refractivity contribution in [2.45, 2.75) is 6.54 Å². The Hall–Kier alpha value is -1.07. The molecule has 5 heteroatoms. The molecule has 2 nitrogen and oxygen atoms in total. The van der Waals surface area contributed by atoms with Crippen LogP contribution in [0.15, 0.2) is 12.1 Å². The van der Waals surface area contributed by atoms with Crippen molar-refractivity contribution in [1.82, 2.24) is 10.4 Å². The summed E-state index contributed by atoms with van der Waals surface area (Å²) < 4.78 is 38.9. The predicted octanol–water partition coefficient (Wildman–Crippen LogP) is 1.67. The van der Waals surface area contributed by atoms with Crippen molar-refractivity contribution in [2.24, 2.45) is 0 Å². The van der Waals surface area contributed by atoms with Crippen LogP contribution in [0, 0.1) is 17.5 Å². The van der Waals surface area contributed by atoms with Crippen LogP contribution in [-0.4, -0.2) is 19.1 Å². The molecule has 0 fully saturated rings. The van der Waals surface area contributed by atoms with E-state index in [2.05, 4.69) is 5.43 Å². The molecular formula is C9H11F3N2. The van der Waals surface area contributed by atoms with E-state index in [0.29, 0.717) is 0 Å². The molecule has 1 aromatic carbocycles. The second-order valence-electron chi connectivity index (χ2n) is 2.90. The second kappa shape index (κ2) is 4.43. The molecule has 0 bridgehead atoms. The van der Waals surface area contributed by atoms with Gasteiger partial charge < -0.3 is 0 Å². The van der Waals surface area contributed by atoms with E-state index in [9.17, 15) is 13.2 Å². The zero-order chi connectivity index (χ0) is 10.7. The third-order valence-electron chi connectivity index (χ3n) is 1.92. The maximum absolute atomic E-state index is 13.1. The number of hydrazine groups is 1.